The van der Waals surface area contributed by atoms with E-state index in [1.54, 1.807) is 30.3 Å². The SMILES string of the molecule is CCOCCn1c(=NC(=O)c2cc(Cl)ccc2Cl)sc2cc(S(C)(=O)=O)ccc21. The third kappa shape index (κ3) is 5.07. The maximum atomic E-state index is 12.7. The molecule has 1 aromatic heterocycles. The Morgan fingerprint density at radius 3 is 2.66 bits per heavy atom. The number of carbonyl (C=O) groups is 1. The van der Waals surface area contributed by atoms with Crippen molar-refractivity contribution in [3.05, 3.63) is 56.8 Å². The topological polar surface area (TPSA) is 77.7 Å². The lowest BCUT2D eigenvalue weighted by molar-refractivity contribution is 0.0996. The number of benzene rings is 2. The molecule has 3 aromatic rings. The van der Waals surface area contributed by atoms with Gasteiger partial charge in [-0.05, 0) is 43.3 Å². The van der Waals surface area contributed by atoms with Crippen LogP contribution in [0.1, 0.15) is 17.3 Å². The van der Waals surface area contributed by atoms with Crippen molar-refractivity contribution in [3.8, 4) is 0 Å². The van der Waals surface area contributed by atoms with Crippen molar-refractivity contribution in [3.63, 3.8) is 0 Å². The van der Waals surface area contributed by atoms with Crippen molar-refractivity contribution < 1.29 is 17.9 Å². The summed E-state index contributed by atoms with van der Waals surface area (Å²) < 4.78 is 31.7. The van der Waals surface area contributed by atoms with Gasteiger partial charge in [0.1, 0.15) is 0 Å². The van der Waals surface area contributed by atoms with Crippen LogP contribution in [-0.4, -0.2) is 38.4 Å². The summed E-state index contributed by atoms with van der Waals surface area (Å²) in [5, 5.41) is 0.635. The molecule has 10 heteroatoms. The molecule has 0 fully saturated rings. The second kappa shape index (κ2) is 8.97. The predicted octanol–water partition coefficient (Wildman–Crippen LogP) is 4.19. The van der Waals surface area contributed by atoms with E-state index in [2.05, 4.69) is 4.99 Å². The molecule has 0 radical (unpaired) electrons. The van der Waals surface area contributed by atoms with Crippen molar-refractivity contribution in [2.75, 3.05) is 19.5 Å². The van der Waals surface area contributed by atoms with Crippen LogP contribution < -0.4 is 4.80 Å². The molecule has 1 heterocycles. The van der Waals surface area contributed by atoms with Gasteiger partial charge in [0.15, 0.2) is 14.6 Å². The lowest BCUT2D eigenvalue weighted by Crippen LogP contribution is -2.19. The van der Waals surface area contributed by atoms with Crippen LogP contribution in [0, 0.1) is 0 Å². The highest BCUT2D eigenvalue weighted by molar-refractivity contribution is 7.90. The highest BCUT2D eigenvalue weighted by atomic mass is 35.5. The van der Waals surface area contributed by atoms with E-state index in [4.69, 9.17) is 27.9 Å². The minimum atomic E-state index is -3.35. The van der Waals surface area contributed by atoms with E-state index in [1.165, 1.54) is 17.4 Å². The van der Waals surface area contributed by atoms with Crippen molar-refractivity contribution >= 4 is 60.5 Å². The number of nitrogens with zero attached hydrogens (tertiary/aromatic N) is 2. The molecule has 2 aromatic carbocycles. The number of aromatic nitrogens is 1. The van der Waals surface area contributed by atoms with Crippen LogP contribution in [0.25, 0.3) is 10.2 Å². The number of amides is 1. The van der Waals surface area contributed by atoms with E-state index < -0.39 is 15.7 Å². The second-order valence-corrected chi connectivity index (χ2v) is 10.0. The van der Waals surface area contributed by atoms with E-state index in [9.17, 15) is 13.2 Å². The minimum Gasteiger partial charge on any atom is -0.380 e. The zero-order chi connectivity index (χ0) is 21.2. The quantitative estimate of drug-likeness (QED) is 0.503. The van der Waals surface area contributed by atoms with Crippen molar-refractivity contribution in [2.45, 2.75) is 18.4 Å². The Kier molecular flexibility index (Phi) is 6.80. The number of carbonyl (C=O) groups excluding carboxylic acids is 1. The van der Waals surface area contributed by atoms with E-state index >= 15 is 0 Å². The Morgan fingerprint density at radius 1 is 1.21 bits per heavy atom. The maximum Gasteiger partial charge on any atom is 0.281 e. The summed E-state index contributed by atoms with van der Waals surface area (Å²) in [6.07, 6.45) is 1.15. The van der Waals surface area contributed by atoms with Crippen LogP contribution in [0.4, 0.5) is 0 Å². The third-order valence-electron chi connectivity index (χ3n) is 4.10. The maximum absolute atomic E-state index is 12.7. The molecule has 0 atom stereocenters. The number of hydrogen-bond acceptors (Lipinski definition) is 5. The monoisotopic (exact) mass is 472 g/mol. The van der Waals surface area contributed by atoms with Gasteiger partial charge in [0.2, 0.25) is 0 Å². The average molecular weight is 473 g/mol. The van der Waals surface area contributed by atoms with E-state index in [0.717, 1.165) is 11.8 Å². The zero-order valence-electron chi connectivity index (χ0n) is 15.7. The molecule has 154 valence electrons. The van der Waals surface area contributed by atoms with Gasteiger partial charge in [-0.15, -0.1) is 0 Å². The number of fused-ring (bicyclic) bond motifs is 1. The molecular formula is C19H18Cl2N2O4S2. The Hall–Kier alpha value is -1.71. The third-order valence-corrected chi connectivity index (χ3v) is 6.82. The number of rotatable bonds is 6. The summed E-state index contributed by atoms with van der Waals surface area (Å²) in [7, 11) is -3.35. The molecule has 29 heavy (non-hydrogen) atoms. The van der Waals surface area contributed by atoms with Gasteiger partial charge < -0.3 is 9.30 Å². The molecule has 0 spiro atoms. The molecule has 0 saturated heterocycles. The standard InChI is InChI=1S/C19H18Cl2N2O4S2/c1-3-27-9-8-23-16-7-5-13(29(2,25)26)11-17(16)28-19(23)22-18(24)14-10-12(20)4-6-15(14)21/h4-7,10-11H,3,8-9H2,1-2H3. The molecule has 0 aliphatic rings. The number of ether oxygens (including phenoxy) is 1. The van der Waals surface area contributed by atoms with Crippen molar-refractivity contribution in [2.24, 2.45) is 4.99 Å². The number of halogens is 2. The fourth-order valence-electron chi connectivity index (χ4n) is 2.69. The highest BCUT2D eigenvalue weighted by Gasteiger charge is 2.15. The number of sulfone groups is 1. The van der Waals surface area contributed by atoms with Crippen LogP contribution in [0.15, 0.2) is 46.3 Å². The zero-order valence-corrected chi connectivity index (χ0v) is 18.8. The van der Waals surface area contributed by atoms with E-state index in [0.29, 0.717) is 34.3 Å². The van der Waals surface area contributed by atoms with Gasteiger partial charge in [0, 0.05) is 24.4 Å². The summed E-state index contributed by atoms with van der Waals surface area (Å²) in [5.74, 6) is -0.530. The summed E-state index contributed by atoms with van der Waals surface area (Å²) in [6, 6.07) is 9.44. The lowest BCUT2D eigenvalue weighted by Gasteiger charge is -2.06. The first-order chi connectivity index (χ1) is 13.7. The van der Waals surface area contributed by atoms with Crippen LogP contribution in [-0.2, 0) is 21.1 Å². The molecule has 0 aliphatic heterocycles. The predicted molar refractivity (Wildman–Crippen MR) is 116 cm³/mol. The Labute approximate surface area is 182 Å². The molecule has 0 saturated carbocycles. The summed E-state index contributed by atoms with van der Waals surface area (Å²) >= 11 is 13.3. The van der Waals surface area contributed by atoms with Gasteiger partial charge in [0.25, 0.3) is 5.91 Å². The van der Waals surface area contributed by atoms with Gasteiger partial charge in [0.05, 0.1) is 32.3 Å². The van der Waals surface area contributed by atoms with Gasteiger partial charge in [-0.1, -0.05) is 34.5 Å². The van der Waals surface area contributed by atoms with E-state index in [-0.39, 0.29) is 15.5 Å². The molecule has 6 nitrogen and oxygen atoms in total. The summed E-state index contributed by atoms with van der Waals surface area (Å²) in [4.78, 5) is 17.6. The summed E-state index contributed by atoms with van der Waals surface area (Å²) in [5.41, 5.74) is 0.968. The first-order valence-corrected chi connectivity index (χ1v) is 12.1. The average Bonchev–Trinajstić information content (AvgIpc) is 2.99. The lowest BCUT2D eigenvalue weighted by atomic mass is 10.2. The van der Waals surface area contributed by atoms with Crippen LogP contribution >= 0.6 is 34.5 Å². The first kappa shape index (κ1) is 22.0. The number of hydrogen-bond donors (Lipinski definition) is 0. The molecule has 3 rings (SSSR count). The second-order valence-electron chi connectivity index (χ2n) is 6.18. The Bertz CT molecular complexity index is 1250. The fraction of sp³-hybridized carbons (Fsp3) is 0.263. The van der Waals surface area contributed by atoms with Crippen molar-refractivity contribution in [1.29, 1.82) is 0 Å². The molecule has 0 aliphatic carbocycles. The smallest absolute Gasteiger partial charge is 0.281 e. The molecule has 1 amide bonds. The fourth-order valence-corrected chi connectivity index (χ4v) is 4.88. The van der Waals surface area contributed by atoms with Crippen LogP contribution in [0.2, 0.25) is 10.0 Å². The van der Waals surface area contributed by atoms with Crippen molar-refractivity contribution in [1.82, 2.24) is 4.57 Å². The van der Waals surface area contributed by atoms with Gasteiger partial charge >= 0.3 is 0 Å². The van der Waals surface area contributed by atoms with Gasteiger partial charge in [-0.25, -0.2) is 8.42 Å². The van der Waals surface area contributed by atoms with E-state index in [1.807, 2.05) is 11.5 Å². The molecular weight excluding hydrogens is 455 g/mol. The molecule has 0 bridgehead atoms. The van der Waals surface area contributed by atoms with Gasteiger partial charge in [-0.2, -0.15) is 4.99 Å². The van der Waals surface area contributed by atoms with Gasteiger partial charge in [-0.3, -0.25) is 4.79 Å². The van der Waals surface area contributed by atoms with Crippen LogP contribution in [0.3, 0.4) is 0 Å². The minimum absolute atomic E-state index is 0.199. The largest absolute Gasteiger partial charge is 0.380 e. The molecule has 0 N–H and O–H groups in total. The number of thiazole rings is 1. The highest BCUT2D eigenvalue weighted by Crippen LogP contribution is 2.23. The summed E-state index contributed by atoms with van der Waals surface area (Å²) in [6.45, 7) is 3.34. The first-order valence-electron chi connectivity index (χ1n) is 8.66. The van der Waals surface area contributed by atoms with Crippen LogP contribution in [0.5, 0.6) is 0 Å². The normalized spacial score (nSPS) is 12.6. The Balaban J connectivity index is 2.15. The molecule has 0 unspecified atom stereocenters. The Morgan fingerprint density at radius 2 is 1.97 bits per heavy atom.